The highest BCUT2D eigenvalue weighted by Crippen LogP contribution is 2.42. The minimum atomic E-state index is -1.83. The maximum Gasteiger partial charge on any atom is 0.192 e. The molecule has 1 aromatic heterocycles. The zero-order valence-electron chi connectivity index (χ0n) is 19.8. The zero-order valence-corrected chi connectivity index (χ0v) is 20.8. The molecule has 1 saturated heterocycles. The monoisotopic (exact) mass is 434 g/mol. The molecule has 1 aliphatic rings. The maximum atomic E-state index is 6.81. The molecule has 1 aliphatic heterocycles. The number of fused-ring (bicyclic) bond motifs is 1. The Morgan fingerprint density at radius 1 is 1.03 bits per heavy atom. The van der Waals surface area contributed by atoms with Crippen LogP contribution in [-0.4, -0.2) is 31.4 Å². The Morgan fingerprint density at radius 3 is 2.48 bits per heavy atom. The van der Waals surface area contributed by atoms with Gasteiger partial charge in [0, 0.05) is 23.1 Å². The lowest BCUT2D eigenvalue weighted by atomic mass is 9.91. The first-order chi connectivity index (χ1) is 14.8. The number of benzene rings is 2. The van der Waals surface area contributed by atoms with Gasteiger partial charge in [-0.1, -0.05) is 75.7 Å². The third-order valence-corrected chi connectivity index (χ3v) is 12.0. The fraction of sp³-hybridized carbons (Fsp3) is 0.481. The molecular formula is C27H38N2OSi. The summed E-state index contributed by atoms with van der Waals surface area (Å²) in [5, 5.41) is 1.57. The highest BCUT2D eigenvalue weighted by atomic mass is 28.4. The van der Waals surface area contributed by atoms with Crippen LogP contribution in [0.25, 0.3) is 10.9 Å². The van der Waals surface area contributed by atoms with Gasteiger partial charge in [0.1, 0.15) is 0 Å². The van der Waals surface area contributed by atoms with Gasteiger partial charge in [0.25, 0.3) is 0 Å². The summed E-state index contributed by atoms with van der Waals surface area (Å²) in [6.45, 7) is 13.6. The Bertz CT molecular complexity index is 989. The molecule has 2 aromatic carbocycles. The smallest absolute Gasteiger partial charge is 0.192 e. The molecular weight excluding hydrogens is 396 g/mol. The van der Waals surface area contributed by atoms with Gasteiger partial charge in [-0.25, -0.2) is 0 Å². The molecule has 2 heterocycles. The number of likely N-dealkylation sites (tertiary alicyclic amines) is 1. The predicted octanol–water partition coefficient (Wildman–Crippen LogP) is 7.46. The molecule has 4 heteroatoms. The van der Waals surface area contributed by atoms with E-state index in [1.54, 1.807) is 0 Å². The average Bonchev–Trinajstić information content (AvgIpc) is 3.18. The molecule has 0 unspecified atom stereocenters. The summed E-state index contributed by atoms with van der Waals surface area (Å²) in [6.07, 6.45) is 5.98. The number of aromatic amines is 1. The lowest BCUT2D eigenvalue weighted by Gasteiger charge is -2.44. The molecule has 31 heavy (non-hydrogen) atoms. The van der Waals surface area contributed by atoms with Gasteiger partial charge in [0.05, 0.1) is 12.6 Å². The first-order valence-electron chi connectivity index (χ1n) is 11.8. The molecule has 3 aromatic rings. The largest absolute Gasteiger partial charge is 0.415 e. The summed E-state index contributed by atoms with van der Waals surface area (Å²) < 4.78 is 6.81. The second-order valence-electron chi connectivity index (χ2n) is 10.5. The number of nitrogens with zero attached hydrogens (tertiary/aromatic N) is 1. The Morgan fingerprint density at radius 2 is 1.74 bits per heavy atom. The molecule has 0 amide bonds. The summed E-state index contributed by atoms with van der Waals surface area (Å²) in [5.41, 5.74) is 4.04. The third kappa shape index (κ3) is 4.67. The second-order valence-corrected chi connectivity index (χ2v) is 15.3. The van der Waals surface area contributed by atoms with E-state index in [0.717, 1.165) is 13.2 Å². The molecule has 166 valence electrons. The van der Waals surface area contributed by atoms with Gasteiger partial charge in [0.15, 0.2) is 8.32 Å². The van der Waals surface area contributed by atoms with E-state index in [2.05, 4.69) is 105 Å². The van der Waals surface area contributed by atoms with Gasteiger partial charge in [0.2, 0.25) is 0 Å². The van der Waals surface area contributed by atoms with Crippen molar-refractivity contribution < 1.29 is 4.43 Å². The highest BCUT2D eigenvalue weighted by Gasteiger charge is 2.39. The van der Waals surface area contributed by atoms with Crippen molar-refractivity contribution in [1.29, 1.82) is 0 Å². The minimum absolute atomic E-state index is 0.215. The molecule has 2 atom stereocenters. The summed E-state index contributed by atoms with van der Waals surface area (Å²) in [4.78, 5) is 6.23. The molecule has 0 bridgehead atoms. The number of para-hydroxylation sites is 1. The van der Waals surface area contributed by atoms with Crippen LogP contribution in [0, 0.1) is 0 Å². The fourth-order valence-corrected chi connectivity index (χ4v) is 5.60. The van der Waals surface area contributed by atoms with Crippen LogP contribution in [0.2, 0.25) is 18.1 Å². The second kappa shape index (κ2) is 8.93. The lowest BCUT2D eigenvalue weighted by molar-refractivity contribution is 0.0595. The van der Waals surface area contributed by atoms with E-state index in [4.69, 9.17) is 4.43 Å². The van der Waals surface area contributed by atoms with E-state index in [1.807, 2.05) is 0 Å². The van der Waals surface area contributed by atoms with Gasteiger partial charge in [-0.3, -0.25) is 4.90 Å². The molecule has 0 saturated carbocycles. The van der Waals surface area contributed by atoms with Crippen molar-refractivity contribution in [3.8, 4) is 0 Å². The van der Waals surface area contributed by atoms with Crippen molar-refractivity contribution in [1.82, 2.24) is 9.88 Å². The van der Waals surface area contributed by atoms with Crippen LogP contribution in [-0.2, 0) is 4.43 Å². The van der Waals surface area contributed by atoms with Gasteiger partial charge < -0.3 is 9.41 Å². The van der Waals surface area contributed by atoms with E-state index in [-0.39, 0.29) is 11.1 Å². The maximum absolute atomic E-state index is 6.81. The number of nitrogens with one attached hydrogen (secondary N) is 1. The summed E-state index contributed by atoms with van der Waals surface area (Å²) in [6, 6.07) is 20.4. The normalized spacial score (nSPS) is 19.6. The summed E-state index contributed by atoms with van der Waals surface area (Å²) >= 11 is 0. The minimum Gasteiger partial charge on any atom is -0.415 e. The molecule has 0 spiro atoms. The van der Waals surface area contributed by atoms with Gasteiger partial charge in [-0.2, -0.15) is 0 Å². The first kappa shape index (κ1) is 22.3. The van der Waals surface area contributed by atoms with E-state index < -0.39 is 8.32 Å². The van der Waals surface area contributed by atoms with E-state index >= 15 is 0 Å². The van der Waals surface area contributed by atoms with Crippen LogP contribution in [0.1, 0.15) is 63.2 Å². The first-order valence-corrected chi connectivity index (χ1v) is 14.7. The van der Waals surface area contributed by atoms with Crippen LogP contribution >= 0.6 is 0 Å². The summed E-state index contributed by atoms with van der Waals surface area (Å²) in [7, 11) is -1.83. The van der Waals surface area contributed by atoms with E-state index in [0.29, 0.717) is 6.04 Å². The van der Waals surface area contributed by atoms with Crippen LogP contribution in [0.15, 0.2) is 60.8 Å². The third-order valence-electron chi connectivity index (χ3n) is 7.52. The lowest BCUT2D eigenvalue weighted by Crippen LogP contribution is -2.45. The van der Waals surface area contributed by atoms with Crippen molar-refractivity contribution in [2.24, 2.45) is 0 Å². The van der Waals surface area contributed by atoms with E-state index in [9.17, 15) is 0 Å². The quantitative estimate of drug-likeness (QED) is 0.408. The standard InChI is InChI=1S/C27H38N2OSi/c1-27(2,3)31(4,5)30-20-26(21-13-7-6-8-14-21)29-18-12-11-17-25(29)23-19-28-24-16-10-9-15-22(23)24/h6-10,13-16,19,25-26,28H,11-12,17-18,20H2,1-5H3/t25-,26-/m0/s1. The van der Waals surface area contributed by atoms with Gasteiger partial charge in [-0.15, -0.1) is 0 Å². The molecule has 3 nitrogen and oxygen atoms in total. The van der Waals surface area contributed by atoms with Crippen LogP contribution in [0.5, 0.6) is 0 Å². The number of rotatable bonds is 6. The Balaban J connectivity index is 1.68. The van der Waals surface area contributed by atoms with Crippen LogP contribution in [0.4, 0.5) is 0 Å². The van der Waals surface area contributed by atoms with Crippen molar-refractivity contribution in [3.05, 3.63) is 71.9 Å². The summed E-state index contributed by atoms with van der Waals surface area (Å²) in [5.74, 6) is 0. The number of hydrogen-bond donors (Lipinski definition) is 1. The predicted molar refractivity (Wildman–Crippen MR) is 134 cm³/mol. The van der Waals surface area contributed by atoms with E-state index in [1.165, 1.54) is 41.3 Å². The molecule has 0 aliphatic carbocycles. The number of piperidine rings is 1. The van der Waals surface area contributed by atoms with Crippen molar-refractivity contribution in [3.63, 3.8) is 0 Å². The molecule has 1 N–H and O–H groups in total. The molecule has 1 fully saturated rings. The molecule has 0 radical (unpaired) electrons. The SMILES string of the molecule is CC(C)(C)[Si](C)(C)OC[C@@H](c1ccccc1)N1CCCC[C@H]1c1c[nH]c2ccccc12. The zero-order chi connectivity index (χ0) is 22.1. The van der Waals surface area contributed by atoms with Gasteiger partial charge in [-0.05, 0) is 54.7 Å². The van der Waals surface area contributed by atoms with Gasteiger partial charge >= 0.3 is 0 Å². The van der Waals surface area contributed by atoms with Crippen LogP contribution < -0.4 is 0 Å². The highest BCUT2D eigenvalue weighted by molar-refractivity contribution is 6.74. The van der Waals surface area contributed by atoms with Crippen molar-refractivity contribution in [2.45, 2.75) is 70.2 Å². The Kier molecular flexibility index (Phi) is 6.43. The number of hydrogen-bond acceptors (Lipinski definition) is 2. The van der Waals surface area contributed by atoms with Crippen molar-refractivity contribution >= 4 is 19.2 Å². The number of aromatic nitrogens is 1. The number of H-pyrrole nitrogens is 1. The van der Waals surface area contributed by atoms with Crippen LogP contribution in [0.3, 0.4) is 0 Å². The topological polar surface area (TPSA) is 28.3 Å². The van der Waals surface area contributed by atoms with Crippen molar-refractivity contribution in [2.75, 3.05) is 13.2 Å². The molecule has 4 rings (SSSR count). The Labute approximate surface area is 188 Å². The fourth-order valence-electron chi connectivity index (χ4n) is 4.59. The Hall–Kier alpha value is -1.88. The average molecular weight is 435 g/mol.